The van der Waals surface area contributed by atoms with Crippen molar-refractivity contribution in [2.45, 2.75) is 12.8 Å². The summed E-state index contributed by atoms with van der Waals surface area (Å²) in [7, 11) is 0. The van der Waals surface area contributed by atoms with Crippen LogP contribution in [0.2, 0.25) is 0 Å². The van der Waals surface area contributed by atoms with Gasteiger partial charge in [0.05, 0.1) is 16.8 Å². The average molecular weight is 401 g/mol. The molecule has 0 saturated carbocycles. The van der Waals surface area contributed by atoms with Crippen molar-refractivity contribution in [1.82, 2.24) is 14.9 Å². The van der Waals surface area contributed by atoms with Gasteiger partial charge in [-0.15, -0.1) is 5.11 Å². The molecule has 0 fully saturated rings. The zero-order valence-corrected chi connectivity index (χ0v) is 16.0. The molecular formula is C21H19N7O2. The first-order valence-corrected chi connectivity index (χ1v) is 9.38. The molecule has 0 saturated heterocycles. The topological polar surface area (TPSA) is 140 Å². The highest BCUT2D eigenvalue weighted by atomic mass is 16.2. The lowest BCUT2D eigenvalue weighted by molar-refractivity contribution is 0.0652. The number of benzene rings is 2. The molecule has 4 N–H and O–H groups in total. The van der Waals surface area contributed by atoms with Gasteiger partial charge in [0.2, 0.25) is 0 Å². The van der Waals surface area contributed by atoms with E-state index in [1.807, 2.05) is 18.2 Å². The van der Waals surface area contributed by atoms with Gasteiger partial charge in [-0.05, 0) is 30.7 Å². The van der Waals surface area contributed by atoms with Crippen LogP contribution in [0.15, 0.2) is 64.8 Å². The number of nitrogen functional groups attached to an aromatic ring is 2. The maximum atomic E-state index is 12.4. The number of rotatable bonds is 6. The maximum absolute atomic E-state index is 12.4. The second kappa shape index (κ2) is 8.08. The first-order valence-electron chi connectivity index (χ1n) is 9.38. The molecule has 150 valence electrons. The Bertz CT molecular complexity index is 1090. The number of aromatic nitrogens is 2. The number of anilines is 2. The van der Waals surface area contributed by atoms with Gasteiger partial charge in [0.15, 0.2) is 17.3 Å². The van der Waals surface area contributed by atoms with Gasteiger partial charge < -0.3 is 11.5 Å². The van der Waals surface area contributed by atoms with E-state index in [0.717, 1.165) is 0 Å². The minimum atomic E-state index is -0.285. The molecule has 0 bridgehead atoms. The number of azo groups is 1. The van der Waals surface area contributed by atoms with Gasteiger partial charge in [0, 0.05) is 13.0 Å². The number of nitrogens with zero attached hydrogens (tertiary/aromatic N) is 5. The number of amides is 2. The molecule has 0 spiro atoms. The second-order valence-corrected chi connectivity index (χ2v) is 6.71. The molecule has 0 aliphatic carbocycles. The third-order valence-electron chi connectivity index (χ3n) is 4.67. The molecule has 0 unspecified atom stereocenters. The van der Waals surface area contributed by atoms with E-state index in [1.165, 1.54) is 4.90 Å². The first-order chi connectivity index (χ1) is 14.5. The molecule has 9 heteroatoms. The van der Waals surface area contributed by atoms with Gasteiger partial charge >= 0.3 is 0 Å². The Morgan fingerprint density at radius 1 is 0.800 bits per heavy atom. The predicted molar refractivity (Wildman–Crippen MR) is 112 cm³/mol. The number of imide groups is 1. The highest BCUT2D eigenvalue weighted by Gasteiger charge is 2.34. The Hall–Kier alpha value is -4.14. The Labute approximate surface area is 172 Å². The standard InChI is InChI=1S/C21H19N7O2/c22-18-17(27-26-13-7-2-1-3-8-13)19(23)25-16(24-18)11-6-12-28-20(29)14-9-4-5-10-15(14)21(28)30/h1-5,7-10H,6,11-12H2,(H4,22,23,24,25). The molecule has 0 atom stereocenters. The Morgan fingerprint density at radius 2 is 1.37 bits per heavy atom. The Balaban J connectivity index is 1.41. The van der Waals surface area contributed by atoms with Gasteiger partial charge in [0.25, 0.3) is 11.8 Å². The van der Waals surface area contributed by atoms with Crippen LogP contribution in [0.4, 0.5) is 23.0 Å². The van der Waals surface area contributed by atoms with Crippen LogP contribution in [0.3, 0.4) is 0 Å². The summed E-state index contributed by atoms with van der Waals surface area (Å²) in [6, 6.07) is 15.9. The van der Waals surface area contributed by atoms with Crippen LogP contribution in [-0.4, -0.2) is 33.2 Å². The summed E-state index contributed by atoms with van der Waals surface area (Å²) < 4.78 is 0. The van der Waals surface area contributed by atoms with Gasteiger partial charge in [-0.3, -0.25) is 14.5 Å². The average Bonchev–Trinajstić information content (AvgIpc) is 2.99. The Kier molecular flexibility index (Phi) is 5.17. The van der Waals surface area contributed by atoms with Crippen molar-refractivity contribution in [3.63, 3.8) is 0 Å². The molecule has 30 heavy (non-hydrogen) atoms. The minimum absolute atomic E-state index is 0.123. The van der Waals surface area contributed by atoms with Gasteiger partial charge in [-0.1, -0.05) is 30.3 Å². The predicted octanol–water partition coefficient (Wildman–Crippen LogP) is 3.29. The molecule has 2 heterocycles. The molecule has 1 aliphatic rings. The fraction of sp³-hybridized carbons (Fsp3) is 0.143. The number of fused-ring (bicyclic) bond motifs is 1. The van der Waals surface area contributed by atoms with Gasteiger partial charge in [-0.2, -0.15) is 5.11 Å². The molecule has 4 rings (SSSR count). The highest BCUT2D eigenvalue weighted by molar-refractivity contribution is 6.21. The molecule has 1 aliphatic heterocycles. The van der Waals surface area contributed by atoms with Crippen molar-refractivity contribution in [1.29, 1.82) is 0 Å². The molecule has 1 aromatic heterocycles. The van der Waals surface area contributed by atoms with Crippen molar-refractivity contribution < 1.29 is 9.59 Å². The molecular weight excluding hydrogens is 382 g/mol. The van der Waals surface area contributed by atoms with Gasteiger partial charge in [0.1, 0.15) is 5.82 Å². The van der Waals surface area contributed by atoms with Crippen molar-refractivity contribution in [3.05, 3.63) is 71.5 Å². The minimum Gasteiger partial charge on any atom is -0.382 e. The van der Waals surface area contributed by atoms with E-state index in [4.69, 9.17) is 11.5 Å². The summed E-state index contributed by atoms with van der Waals surface area (Å²) in [5, 5.41) is 8.14. The number of nitrogens with two attached hydrogens (primary N) is 2. The van der Waals surface area contributed by atoms with E-state index >= 15 is 0 Å². The molecule has 2 amide bonds. The molecule has 3 aromatic rings. The normalized spacial score (nSPS) is 13.3. The van der Waals surface area contributed by atoms with Crippen LogP contribution < -0.4 is 11.5 Å². The lowest BCUT2D eigenvalue weighted by Crippen LogP contribution is -2.31. The highest BCUT2D eigenvalue weighted by Crippen LogP contribution is 2.28. The van der Waals surface area contributed by atoms with Crippen molar-refractivity contribution >= 4 is 34.8 Å². The zero-order valence-electron chi connectivity index (χ0n) is 16.0. The third kappa shape index (κ3) is 3.72. The summed E-state index contributed by atoms with van der Waals surface area (Å²) in [6.07, 6.45) is 0.882. The smallest absolute Gasteiger partial charge is 0.261 e. The zero-order chi connectivity index (χ0) is 21.1. The van der Waals surface area contributed by atoms with E-state index in [-0.39, 0.29) is 35.7 Å². The van der Waals surface area contributed by atoms with Crippen LogP contribution in [-0.2, 0) is 6.42 Å². The molecule has 9 nitrogen and oxygen atoms in total. The van der Waals surface area contributed by atoms with E-state index < -0.39 is 0 Å². The lowest BCUT2D eigenvalue weighted by atomic mass is 10.1. The van der Waals surface area contributed by atoms with E-state index in [1.54, 1.807) is 36.4 Å². The number of carbonyl (C=O) groups excluding carboxylic acids is 2. The van der Waals surface area contributed by atoms with Crippen LogP contribution in [0, 0.1) is 0 Å². The van der Waals surface area contributed by atoms with Gasteiger partial charge in [-0.25, -0.2) is 9.97 Å². The number of hydrogen-bond donors (Lipinski definition) is 2. The SMILES string of the molecule is Nc1nc(CCCN2C(=O)c3ccccc3C2=O)nc(N)c1N=Nc1ccccc1. The summed E-state index contributed by atoms with van der Waals surface area (Å²) in [5.74, 6) is 0.0931. The number of carbonyl (C=O) groups is 2. The summed E-state index contributed by atoms with van der Waals surface area (Å²) >= 11 is 0. The Morgan fingerprint density at radius 3 is 1.97 bits per heavy atom. The van der Waals surface area contributed by atoms with Crippen molar-refractivity contribution in [2.24, 2.45) is 10.2 Å². The number of aryl methyl sites for hydroxylation is 1. The summed E-state index contributed by atoms with van der Waals surface area (Å²) in [5.41, 5.74) is 13.7. The fourth-order valence-corrected chi connectivity index (χ4v) is 3.19. The maximum Gasteiger partial charge on any atom is 0.261 e. The van der Waals surface area contributed by atoms with E-state index in [0.29, 0.717) is 35.5 Å². The van der Waals surface area contributed by atoms with Crippen LogP contribution in [0.1, 0.15) is 33.0 Å². The van der Waals surface area contributed by atoms with E-state index in [9.17, 15) is 9.59 Å². The quantitative estimate of drug-likeness (QED) is 0.480. The third-order valence-corrected chi connectivity index (χ3v) is 4.67. The molecule has 2 aromatic carbocycles. The first kappa shape index (κ1) is 19.2. The van der Waals surface area contributed by atoms with Crippen LogP contribution in [0.5, 0.6) is 0 Å². The summed E-state index contributed by atoms with van der Waals surface area (Å²) in [6.45, 7) is 0.255. The largest absolute Gasteiger partial charge is 0.382 e. The van der Waals surface area contributed by atoms with Crippen LogP contribution >= 0.6 is 0 Å². The number of hydrogen-bond acceptors (Lipinski definition) is 8. The van der Waals surface area contributed by atoms with Crippen LogP contribution in [0.25, 0.3) is 0 Å². The lowest BCUT2D eigenvalue weighted by Gasteiger charge is -2.13. The summed E-state index contributed by atoms with van der Waals surface area (Å²) in [4.78, 5) is 34.5. The second-order valence-electron chi connectivity index (χ2n) is 6.71. The van der Waals surface area contributed by atoms with E-state index in [2.05, 4.69) is 20.2 Å². The molecule has 0 radical (unpaired) electrons. The fourth-order valence-electron chi connectivity index (χ4n) is 3.19. The monoisotopic (exact) mass is 401 g/mol. The van der Waals surface area contributed by atoms with Crippen molar-refractivity contribution in [2.75, 3.05) is 18.0 Å². The van der Waals surface area contributed by atoms with Crippen molar-refractivity contribution in [3.8, 4) is 0 Å².